The summed E-state index contributed by atoms with van der Waals surface area (Å²) in [4.78, 5) is 0. The number of halogens is 2. The van der Waals surface area contributed by atoms with Gasteiger partial charge in [-0.1, -0.05) is 11.6 Å². The summed E-state index contributed by atoms with van der Waals surface area (Å²) in [5, 5.41) is 4.36. The van der Waals surface area contributed by atoms with Gasteiger partial charge < -0.3 is 5.73 Å². The second kappa shape index (κ2) is 3.55. The van der Waals surface area contributed by atoms with E-state index < -0.39 is 5.82 Å². The third kappa shape index (κ3) is 1.94. The predicted octanol–water partition coefficient (Wildman–Crippen LogP) is 2.56. The third-order valence-electron chi connectivity index (χ3n) is 2.05. The Bertz CT molecular complexity index is 468. The van der Waals surface area contributed by atoms with Crippen LogP contribution in [0, 0.1) is 12.7 Å². The summed E-state index contributed by atoms with van der Waals surface area (Å²) < 4.78 is 14.6. The lowest BCUT2D eigenvalue weighted by Crippen LogP contribution is -1.96. The molecule has 0 radical (unpaired) electrons. The van der Waals surface area contributed by atoms with E-state index >= 15 is 0 Å². The molecule has 0 aliphatic rings. The van der Waals surface area contributed by atoms with Crippen molar-refractivity contribution in [1.29, 1.82) is 0 Å². The van der Waals surface area contributed by atoms with Gasteiger partial charge in [-0.25, -0.2) is 9.07 Å². The van der Waals surface area contributed by atoms with Crippen molar-refractivity contribution in [3.05, 3.63) is 40.8 Å². The minimum Gasteiger partial charge on any atom is -0.382 e. The average molecular weight is 226 g/mol. The van der Waals surface area contributed by atoms with Gasteiger partial charge in [-0.15, -0.1) is 0 Å². The fourth-order valence-corrected chi connectivity index (χ4v) is 1.49. The molecule has 3 nitrogen and oxygen atoms in total. The Morgan fingerprint density at radius 1 is 1.40 bits per heavy atom. The first kappa shape index (κ1) is 9.98. The monoisotopic (exact) mass is 225 g/mol. The highest BCUT2D eigenvalue weighted by Crippen LogP contribution is 2.18. The van der Waals surface area contributed by atoms with Crippen LogP contribution in [0.15, 0.2) is 24.4 Å². The van der Waals surface area contributed by atoms with E-state index in [2.05, 4.69) is 5.10 Å². The van der Waals surface area contributed by atoms with E-state index in [1.807, 2.05) is 6.92 Å². The fraction of sp³-hybridized carbons (Fsp3) is 0.100. The minimum absolute atomic E-state index is 0.330. The average Bonchev–Trinajstić information content (AvgIpc) is 2.45. The molecule has 78 valence electrons. The first-order valence-corrected chi connectivity index (χ1v) is 4.72. The van der Waals surface area contributed by atoms with Crippen LogP contribution < -0.4 is 5.73 Å². The fourth-order valence-electron chi connectivity index (χ4n) is 1.28. The van der Waals surface area contributed by atoms with Crippen molar-refractivity contribution in [2.24, 2.45) is 0 Å². The van der Waals surface area contributed by atoms with Gasteiger partial charge in [0.05, 0.1) is 5.69 Å². The molecule has 2 rings (SSSR count). The van der Waals surface area contributed by atoms with Crippen LogP contribution in [-0.2, 0) is 0 Å². The van der Waals surface area contributed by atoms with E-state index in [0.717, 1.165) is 5.56 Å². The number of aryl methyl sites for hydroxylation is 1. The Labute approximate surface area is 91.3 Å². The third-order valence-corrected chi connectivity index (χ3v) is 2.27. The molecular formula is C10H9ClFN3. The number of hydrogen-bond acceptors (Lipinski definition) is 2. The van der Waals surface area contributed by atoms with Gasteiger partial charge in [-0.3, -0.25) is 0 Å². The maximum atomic E-state index is 13.1. The van der Waals surface area contributed by atoms with E-state index in [-0.39, 0.29) is 0 Å². The van der Waals surface area contributed by atoms with Crippen LogP contribution in [0.1, 0.15) is 5.56 Å². The Morgan fingerprint density at radius 2 is 2.13 bits per heavy atom. The van der Waals surface area contributed by atoms with Crippen LogP contribution in [0.25, 0.3) is 5.69 Å². The maximum Gasteiger partial charge on any atom is 0.148 e. The second-order valence-electron chi connectivity index (χ2n) is 3.27. The van der Waals surface area contributed by atoms with Crippen LogP contribution >= 0.6 is 11.6 Å². The second-order valence-corrected chi connectivity index (χ2v) is 3.71. The van der Waals surface area contributed by atoms with Crippen molar-refractivity contribution in [2.45, 2.75) is 6.92 Å². The molecule has 0 unspecified atom stereocenters. The number of hydrogen-bond donors (Lipinski definition) is 1. The van der Waals surface area contributed by atoms with Crippen molar-refractivity contribution in [3.63, 3.8) is 0 Å². The summed E-state index contributed by atoms with van der Waals surface area (Å²) in [6.07, 6.45) is 1.72. The number of benzene rings is 1. The van der Waals surface area contributed by atoms with Crippen LogP contribution in [0.3, 0.4) is 0 Å². The highest BCUT2D eigenvalue weighted by Gasteiger charge is 2.05. The lowest BCUT2D eigenvalue weighted by atomic mass is 10.3. The SMILES string of the molecule is Cc1cn(-c2cc(F)cc(Cl)c2)nc1N. The largest absolute Gasteiger partial charge is 0.382 e. The molecule has 2 aromatic rings. The molecule has 0 spiro atoms. The standard InChI is InChI=1S/C10H9ClFN3/c1-6-5-15(14-10(6)13)9-3-7(11)2-8(12)4-9/h2-5H,1H3,(H2,13,14). The Hall–Kier alpha value is -1.55. The Kier molecular flexibility index (Phi) is 2.36. The van der Waals surface area contributed by atoms with Crippen LogP contribution in [-0.4, -0.2) is 9.78 Å². The Balaban J connectivity index is 2.53. The van der Waals surface area contributed by atoms with E-state index in [4.69, 9.17) is 17.3 Å². The van der Waals surface area contributed by atoms with Crippen molar-refractivity contribution >= 4 is 17.4 Å². The molecule has 1 heterocycles. The van der Waals surface area contributed by atoms with Gasteiger partial charge in [0.2, 0.25) is 0 Å². The number of aromatic nitrogens is 2. The zero-order valence-corrected chi connectivity index (χ0v) is 8.79. The van der Waals surface area contributed by atoms with Gasteiger partial charge in [0.25, 0.3) is 0 Å². The minimum atomic E-state index is -0.399. The van der Waals surface area contributed by atoms with E-state index in [9.17, 15) is 4.39 Å². The molecule has 15 heavy (non-hydrogen) atoms. The number of nitrogens with zero attached hydrogens (tertiary/aromatic N) is 2. The number of rotatable bonds is 1. The zero-order chi connectivity index (χ0) is 11.0. The molecular weight excluding hydrogens is 217 g/mol. The molecule has 0 saturated carbocycles. The smallest absolute Gasteiger partial charge is 0.148 e. The molecule has 5 heteroatoms. The predicted molar refractivity (Wildman–Crippen MR) is 57.7 cm³/mol. The molecule has 1 aromatic carbocycles. The first-order chi connectivity index (χ1) is 7.06. The summed E-state index contributed by atoms with van der Waals surface area (Å²) in [6.45, 7) is 1.83. The highest BCUT2D eigenvalue weighted by atomic mass is 35.5. The lowest BCUT2D eigenvalue weighted by Gasteiger charge is -2.01. The van der Waals surface area contributed by atoms with E-state index in [1.165, 1.54) is 16.8 Å². The topological polar surface area (TPSA) is 43.8 Å². The van der Waals surface area contributed by atoms with Gasteiger partial charge in [0.1, 0.15) is 11.6 Å². The molecule has 0 fully saturated rings. The number of nitrogen functional groups attached to an aromatic ring is 1. The summed E-state index contributed by atoms with van der Waals surface area (Å²) in [5.41, 5.74) is 6.99. The van der Waals surface area contributed by atoms with E-state index in [0.29, 0.717) is 16.5 Å². The molecule has 0 amide bonds. The summed E-state index contributed by atoms with van der Waals surface area (Å²) in [5.74, 6) is 0.0274. The van der Waals surface area contributed by atoms with Crippen LogP contribution in [0.5, 0.6) is 0 Å². The molecule has 1 aromatic heterocycles. The van der Waals surface area contributed by atoms with Crippen molar-refractivity contribution in [2.75, 3.05) is 5.73 Å². The summed E-state index contributed by atoms with van der Waals surface area (Å²) in [7, 11) is 0. The number of anilines is 1. The molecule has 0 bridgehead atoms. The zero-order valence-electron chi connectivity index (χ0n) is 8.04. The van der Waals surface area contributed by atoms with Crippen LogP contribution in [0.4, 0.5) is 10.2 Å². The summed E-state index contributed by atoms with van der Waals surface area (Å²) >= 11 is 5.73. The highest BCUT2D eigenvalue weighted by molar-refractivity contribution is 6.30. The molecule has 0 aliphatic carbocycles. The van der Waals surface area contributed by atoms with Gasteiger partial charge >= 0.3 is 0 Å². The van der Waals surface area contributed by atoms with Crippen molar-refractivity contribution in [1.82, 2.24) is 9.78 Å². The van der Waals surface area contributed by atoms with Gasteiger partial charge in [-0.2, -0.15) is 5.10 Å². The molecule has 2 N–H and O–H groups in total. The Morgan fingerprint density at radius 3 is 2.67 bits per heavy atom. The quantitative estimate of drug-likeness (QED) is 0.811. The van der Waals surface area contributed by atoms with Crippen molar-refractivity contribution in [3.8, 4) is 5.69 Å². The van der Waals surface area contributed by atoms with E-state index in [1.54, 1.807) is 12.3 Å². The normalized spacial score (nSPS) is 10.6. The first-order valence-electron chi connectivity index (χ1n) is 4.34. The van der Waals surface area contributed by atoms with Crippen molar-refractivity contribution < 1.29 is 4.39 Å². The maximum absolute atomic E-state index is 13.1. The number of nitrogens with two attached hydrogens (primary N) is 1. The van der Waals surface area contributed by atoms with Crippen LogP contribution in [0.2, 0.25) is 5.02 Å². The van der Waals surface area contributed by atoms with Gasteiger partial charge in [0.15, 0.2) is 0 Å². The van der Waals surface area contributed by atoms with Gasteiger partial charge in [-0.05, 0) is 25.1 Å². The molecule has 0 atom stereocenters. The molecule has 0 aliphatic heterocycles. The van der Waals surface area contributed by atoms with Gasteiger partial charge in [0, 0.05) is 16.8 Å². The molecule has 0 saturated heterocycles. The summed E-state index contributed by atoms with van der Waals surface area (Å²) in [6, 6.07) is 4.21. The lowest BCUT2D eigenvalue weighted by molar-refractivity contribution is 0.625.